The summed E-state index contributed by atoms with van der Waals surface area (Å²) in [7, 11) is 0. The predicted molar refractivity (Wildman–Crippen MR) is 84.0 cm³/mol. The van der Waals surface area contributed by atoms with Gasteiger partial charge in [-0.05, 0) is 19.1 Å². The zero-order valence-electron chi connectivity index (χ0n) is 10.3. The lowest BCUT2D eigenvalue weighted by molar-refractivity contribution is 0.241. The second-order valence-corrected chi connectivity index (χ2v) is 4.41. The molecule has 0 spiro atoms. The monoisotopic (exact) mass is 361 g/mol. The van der Waals surface area contributed by atoms with Crippen LogP contribution in [0, 0.1) is 5.92 Å². The van der Waals surface area contributed by atoms with Crippen LogP contribution in [0.1, 0.15) is 13.8 Å². The van der Waals surface area contributed by atoms with Crippen LogP contribution in [-0.4, -0.2) is 49.3 Å². The van der Waals surface area contributed by atoms with Crippen molar-refractivity contribution in [3.05, 3.63) is 0 Å². The van der Waals surface area contributed by atoms with Gasteiger partial charge in [0.05, 0.1) is 0 Å². The molecule has 0 aliphatic heterocycles. The van der Waals surface area contributed by atoms with Crippen molar-refractivity contribution in [1.82, 2.24) is 10.6 Å². The van der Waals surface area contributed by atoms with Crippen LogP contribution in [0.3, 0.4) is 0 Å². The van der Waals surface area contributed by atoms with E-state index in [0.29, 0.717) is 6.54 Å². The Labute approximate surface area is 120 Å². The van der Waals surface area contributed by atoms with E-state index in [2.05, 4.69) is 21.9 Å². The van der Waals surface area contributed by atoms with Crippen LogP contribution in [0.25, 0.3) is 0 Å². The Bertz CT molecular complexity index is 181. The molecular weight excluding hydrogens is 337 g/mol. The van der Waals surface area contributed by atoms with E-state index >= 15 is 0 Å². The van der Waals surface area contributed by atoms with Crippen LogP contribution in [-0.2, 0) is 0 Å². The Kier molecular flexibility index (Phi) is 15.6. The summed E-state index contributed by atoms with van der Waals surface area (Å²) < 4.78 is 0. The number of aliphatic imine (C=N–C) groups is 1. The number of thioether (sulfide) groups is 1. The molecule has 0 rings (SSSR count). The zero-order chi connectivity index (χ0) is 11.5. The number of hydrogen-bond donors (Lipinski definition) is 3. The highest BCUT2D eigenvalue weighted by Crippen LogP contribution is 1.92. The maximum atomic E-state index is 8.88. The third-order valence-electron chi connectivity index (χ3n) is 1.82. The highest BCUT2D eigenvalue weighted by molar-refractivity contribution is 14.0. The van der Waals surface area contributed by atoms with Gasteiger partial charge in [-0.2, -0.15) is 11.8 Å². The summed E-state index contributed by atoms with van der Waals surface area (Å²) in [6, 6.07) is 0. The Balaban J connectivity index is 0. The van der Waals surface area contributed by atoms with Gasteiger partial charge in [-0.3, -0.25) is 4.99 Å². The van der Waals surface area contributed by atoms with Crippen molar-refractivity contribution < 1.29 is 5.11 Å². The third-order valence-corrected chi connectivity index (χ3v) is 2.43. The first-order valence-electron chi connectivity index (χ1n) is 5.36. The van der Waals surface area contributed by atoms with Gasteiger partial charge in [0.15, 0.2) is 5.96 Å². The number of rotatable bonds is 7. The molecule has 0 fully saturated rings. The second-order valence-electron chi connectivity index (χ2n) is 3.43. The molecule has 0 saturated heterocycles. The SMILES string of the molecule is CCNC(=NCC(C)CO)NCCSC.I. The van der Waals surface area contributed by atoms with Gasteiger partial charge < -0.3 is 15.7 Å². The lowest BCUT2D eigenvalue weighted by Crippen LogP contribution is -2.38. The summed E-state index contributed by atoms with van der Waals surface area (Å²) in [4.78, 5) is 4.38. The van der Waals surface area contributed by atoms with Crippen molar-refractivity contribution in [1.29, 1.82) is 0 Å². The van der Waals surface area contributed by atoms with Crippen LogP contribution in [0.4, 0.5) is 0 Å². The first kappa shape index (κ1) is 18.7. The van der Waals surface area contributed by atoms with Gasteiger partial charge in [0.25, 0.3) is 0 Å². The average molecular weight is 361 g/mol. The van der Waals surface area contributed by atoms with Gasteiger partial charge in [0.1, 0.15) is 0 Å². The summed E-state index contributed by atoms with van der Waals surface area (Å²) >= 11 is 1.81. The van der Waals surface area contributed by atoms with E-state index in [9.17, 15) is 0 Å². The molecule has 0 amide bonds. The van der Waals surface area contributed by atoms with Crippen molar-refractivity contribution in [3.63, 3.8) is 0 Å². The maximum Gasteiger partial charge on any atom is 0.191 e. The normalized spacial score (nSPS) is 12.9. The van der Waals surface area contributed by atoms with E-state index in [-0.39, 0.29) is 36.5 Å². The zero-order valence-corrected chi connectivity index (χ0v) is 13.5. The van der Waals surface area contributed by atoms with Gasteiger partial charge in [0.2, 0.25) is 0 Å². The topological polar surface area (TPSA) is 56.7 Å². The minimum absolute atomic E-state index is 0. The van der Waals surface area contributed by atoms with E-state index in [1.165, 1.54) is 0 Å². The van der Waals surface area contributed by atoms with Crippen LogP contribution in [0.15, 0.2) is 4.99 Å². The first-order valence-corrected chi connectivity index (χ1v) is 6.75. The summed E-state index contributed by atoms with van der Waals surface area (Å²) in [6.45, 7) is 6.65. The number of guanidine groups is 1. The van der Waals surface area contributed by atoms with Crippen molar-refractivity contribution >= 4 is 41.7 Å². The standard InChI is InChI=1S/C10H23N3OS.HI/c1-4-11-10(12-5-6-15-3)13-7-9(2)8-14;/h9,14H,4-8H2,1-3H3,(H2,11,12,13);1H. The van der Waals surface area contributed by atoms with Crippen LogP contribution < -0.4 is 10.6 Å². The molecule has 0 aliphatic rings. The van der Waals surface area contributed by atoms with Gasteiger partial charge in [-0.1, -0.05) is 6.92 Å². The smallest absolute Gasteiger partial charge is 0.191 e. The predicted octanol–water partition coefficient (Wildman–Crippen LogP) is 1.15. The van der Waals surface area contributed by atoms with E-state index < -0.39 is 0 Å². The van der Waals surface area contributed by atoms with E-state index in [1.54, 1.807) is 11.8 Å². The number of nitrogens with one attached hydrogen (secondary N) is 2. The highest BCUT2D eigenvalue weighted by Gasteiger charge is 2.00. The molecule has 0 heterocycles. The summed E-state index contributed by atoms with van der Waals surface area (Å²) in [5, 5.41) is 15.3. The first-order chi connectivity index (χ1) is 7.24. The van der Waals surface area contributed by atoms with Crippen LogP contribution in [0.2, 0.25) is 0 Å². The Morgan fingerprint density at radius 2 is 2.12 bits per heavy atom. The van der Waals surface area contributed by atoms with Gasteiger partial charge in [-0.15, -0.1) is 24.0 Å². The number of hydrogen-bond acceptors (Lipinski definition) is 3. The average Bonchev–Trinajstić information content (AvgIpc) is 2.25. The Morgan fingerprint density at radius 3 is 2.62 bits per heavy atom. The Hall–Kier alpha value is 0.310. The fraction of sp³-hybridized carbons (Fsp3) is 0.900. The molecule has 0 saturated carbocycles. The van der Waals surface area contributed by atoms with Crippen molar-refractivity contribution in [2.24, 2.45) is 10.9 Å². The third kappa shape index (κ3) is 10.8. The van der Waals surface area contributed by atoms with E-state index in [4.69, 9.17) is 5.11 Å². The summed E-state index contributed by atoms with van der Waals surface area (Å²) in [5.41, 5.74) is 0. The molecule has 16 heavy (non-hydrogen) atoms. The second kappa shape index (κ2) is 13.4. The highest BCUT2D eigenvalue weighted by atomic mass is 127. The van der Waals surface area contributed by atoms with Crippen LogP contribution in [0.5, 0.6) is 0 Å². The maximum absolute atomic E-state index is 8.88. The van der Waals surface area contributed by atoms with Gasteiger partial charge >= 0.3 is 0 Å². The molecule has 98 valence electrons. The largest absolute Gasteiger partial charge is 0.396 e. The molecule has 0 aliphatic carbocycles. The lowest BCUT2D eigenvalue weighted by Gasteiger charge is -2.11. The molecule has 0 bridgehead atoms. The molecule has 4 nitrogen and oxygen atoms in total. The van der Waals surface area contributed by atoms with Crippen molar-refractivity contribution in [2.75, 3.05) is 38.2 Å². The molecule has 0 aromatic rings. The van der Waals surface area contributed by atoms with E-state index in [1.807, 2.05) is 13.8 Å². The molecule has 1 unspecified atom stereocenters. The van der Waals surface area contributed by atoms with E-state index in [0.717, 1.165) is 24.8 Å². The number of aliphatic hydroxyl groups is 1. The number of halogens is 1. The minimum Gasteiger partial charge on any atom is -0.396 e. The van der Waals surface area contributed by atoms with Crippen molar-refractivity contribution in [2.45, 2.75) is 13.8 Å². The number of aliphatic hydroxyl groups excluding tert-OH is 1. The lowest BCUT2D eigenvalue weighted by atomic mass is 10.2. The fourth-order valence-corrected chi connectivity index (χ4v) is 1.22. The summed E-state index contributed by atoms with van der Waals surface area (Å²) in [5.74, 6) is 2.13. The molecular formula is C10H24IN3OS. The molecule has 0 radical (unpaired) electrons. The molecule has 0 aromatic heterocycles. The van der Waals surface area contributed by atoms with Gasteiger partial charge in [0, 0.05) is 32.0 Å². The quantitative estimate of drug-likeness (QED) is 0.276. The van der Waals surface area contributed by atoms with Gasteiger partial charge in [-0.25, -0.2) is 0 Å². The molecule has 1 atom stereocenters. The number of nitrogens with zero attached hydrogens (tertiary/aromatic N) is 1. The Morgan fingerprint density at radius 1 is 1.44 bits per heavy atom. The molecule has 6 heteroatoms. The molecule has 0 aromatic carbocycles. The fourth-order valence-electron chi connectivity index (χ4n) is 0.918. The van der Waals surface area contributed by atoms with Crippen LogP contribution >= 0.6 is 35.7 Å². The minimum atomic E-state index is 0. The molecule has 3 N–H and O–H groups in total. The van der Waals surface area contributed by atoms with Crippen molar-refractivity contribution in [3.8, 4) is 0 Å². The summed E-state index contributed by atoms with van der Waals surface area (Å²) in [6.07, 6.45) is 2.08.